The Morgan fingerprint density at radius 1 is 1.42 bits per heavy atom. The first-order chi connectivity index (χ1) is 11.7. The molecule has 2 aromatic rings. The van der Waals surface area contributed by atoms with Crippen molar-refractivity contribution in [2.75, 3.05) is 25.2 Å². The van der Waals surface area contributed by atoms with Gasteiger partial charge in [0.25, 0.3) is 5.91 Å². The van der Waals surface area contributed by atoms with Crippen LogP contribution in [0.1, 0.15) is 22.3 Å². The number of pyridine rings is 1. The van der Waals surface area contributed by atoms with Crippen LogP contribution in [0.5, 0.6) is 5.88 Å². The van der Waals surface area contributed by atoms with E-state index in [4.69, 9.17) is 15.9 Å². The predicted molar refractivity (Wildman–Crippen MR) is 91.2 cm³/mol. The molecule has 5 heteroatoms. The minimum atomic E-state index is -0.154. The molecule has 1 aliphatic heterocycles. The quantitative estimate of drug-likeness (QED) is 0.812. The summed E-state index contributed by atoms with van der Waals surface area (Å²) in [5, 5.41) is 0. The highest BCUT2D eigenvalue weighted by Gasteiger charge is 2.19. The SMILES string of the molecule is C#Cc1cccc(N(C)C(=O)c2ccnc(O[C@@H]3CCOC3)c2)c1. The molecule has 0 spiro atoms. The van der Waals surface area contributed by atoms with Gasteiger partial charge >= 0.3 is 0 Å². The number of rotatable bonds is 4. The van der Waals surface area contributed by atoms with Crippen molar-refractivity contribution in [2.45, 2.75) is 12.5 Å². The van der Waals surface area contributed by atoms with E-state index in [2.05, 4.69) is 10.9 Å². The Labute approximate surface area is 141 Å². The first-order valence-corrected chi connectivity index (χ1v) is 7.72. The van der Waals surface area contributed by atoms with Crippen molar-refractivity contribution >= 4 is 11.6 Å². The molecular weight excluding hydrogens is 304 g/mol. The molecule has 0 saturated carbocycles. The van der Waals surface area contributed by atoms with Crippen molar-refractivity contribution in [1.82, 2.24) is 4.98 Å². The van der Waals surface area contributed by atoms with Crippen LogP contribution in [0.3, 0.4) is 0 Å². The van der Waals surface area contributed by atoms with Crippen LogP contribution in [0, 0.1) is 12.3 Å². The van der Waals surface area contributed by atoms with Crippen molar-refractivity contribution in [3.8, 4) is 18.2 Å². The Bertz CT molecular complexity index is 776. The Hall–Kier alpha value is -2.84. The molecule has 1 amide bonds. The molecule has 0 N–H and O–H groups in total. The zero-order chi connectivity index (χ0) is 16.9. The van der Waals surface area contributed by atoms with Gasteiger partial charge in [-0.05, 0) is 24.3 Å². The molecule has 3 rings (SSSR count). The first-order valence-electron chi connectivity index (χ1n) is 7.72. The Morgan fingerprint density at radius 3 is 3.04 bits per heavy atom. The summed E-state index contributed by atoms with van der Waals surface area (Å²) in [5.41, 5.74) is 1.97. The monoisotopic (exact) mass is 322 g/mol. The highest BCUT2D eigenvalue weighted by molar-refractivity contribution is 6.05. The number of carbonyl (C=O) groups is 1. The molecule has 1 aromatic heterocycles. The van der Waals surface area contributed by atoms with Crippen LogP contribution in [0.2, 0.25) is 0 Å². The third-order valence-electron chi connectivity index (χ3n) is 3.86. The topological polar surface area (TPSA) is 51.7 Å². The van der Waals surface area contributed by atoms with Gasteiger partial charge in [0.2, 0.25) is 5.88 Å². The van der Waals surface area contributed by atoms with Crippen molar-refractivity contribution in [1.29, 1.82) is 0 Å². The molecule has 0 bridgehead atoms. The molecule has 0 aliphatic carbocycles. The minimum Gasteiger partial charge on any atom is -0.472 e. The van der Waals surface area contributed by atoms with Crippen LogP contribution >= 0.6 is 0 Å². The summed E-state index contributed by atoms with van der Waals surface area (Å²) in [6.07, 6.45) is 7.81. The van der Waals surface area contributed by atoms with Gasteiger partial charge in [-0.1, -0.05) is 12.0 Å². The van der Waals surface area contributed by atoms with Gasteiger partial charge in [-0.2, -0.15) is 0 Å². The van der Waals surface area contributed by atoms with Gasteiger partial charge in [-0.15, -0.1) is 6.42 Å². The smallest absolute Gasteiger partial charge is 0.258 e. The fourth-order valence-electron chi connectivity index (χ4n) is 2.50. The second-order valence-corrected chi connectivity index (χ2v) is 5.55. The van der Waals surface area contributed by atoms with Gasteiger partial charge in [0, 0.05) is 42.5 Å². The lowest BCUT2D eigenvalue weighted by Crippen LogP contribution is -2.26. The van der Waals surface area contributed by atoms with Crippen LogP contribution < -0.4 is 9.64 Å². The highest BCUT2D eigenvalue weighted by atomic mass is 16.5. The molecule has 24 heavy (non-hydrogen) atoms. The maximum atomic E-state index is 12.7. The Kier molecular flexibility index (Phi) is 4.78. The van der Waals surface area contributed by atoms with E-state index in [1.165, 1.54) is 0 Å². The summed E-state index contributed by atoms with van der Waals surface area (Å²) in [5.74, 6) is 2.85. The number of terminal acetylenes is 1. The van der Waals surface area contributed by atoms with Crippen LogP contribution in [0.4, 0.5) is 5.69 Å². The lowest BCUT2D eigenvalue weighted by Gasteiger charge is -2.18. The van der Waals surface area contributed by atoms with E-state index in [-0.39, 0.29) is 12.0 Å². The molecule has 1 aliphatic rings. The van der Waals surface area contributed by atoms with Crippen molar-refractivity contribution in [2.24, 2.45) is 0 Å². The fourth-order valence-corrected chi connectivity index (χ4v) is 2.50. The molecule has 1 fully saturated rings. The number of nitrogens with zero attached hydrogens (tertiary/aromatic N) is 2. The number of hydrogen-bond donors (Lipinski definition) is 0. The average molecular weight is 322 g/mol. The lowest BCUT2D eigenvalue weighted by molar-refractivity contribution is 0.0991. The van der Waals surface area contributed by atoms with E-state index >= 15 is 0 Å². The molecular formula is C19H18N2O3. The summed E-state index contributed by atoms with van der Waals surface area (Å²) in [6, 6.07) is 10.6. The summed E-state index contributed by atoms with van der Waals surface area (Å²) in [6.45, 7) is 1.25. The average Bonchev–Trinajstić information content (AvgIpc) is 3.13. The van der Waals surface area contributed by atoms with Crippen LogP contribution in [-0.4, -0.2) is 37.3 Å². The summed E-state index contributed by atoms with van der Waals surface area (Å²) in [7, 11) is 1.71. The normalized spacial score (nSPS) is 16.4. The van der Waals surface area contributed by atoms with Gasteiger partial charge in [-0.3, -0.25) is 4.79 Å². The van der Waals surface area contributed by atoms with Crippen molar-refractivity contribution < 1.29 is 14.3 Å². The van der Waals surface area contributed by atoms with Crippen molar-refractivity contribution in [3.05, 3.63) is 53.7 Å². The van der Waals surface area contributed by atoms with E-state index in [1.54, 1.807) is 36.3 Å². The standard InChI is InChI=1S/C19H18N2O3/c1-3-14-5-4-6-16(11-14)21(2)19(22)15-7-9-20-18(12-15)24-17-8-10-23-13-17/h1,4-7,9,11-12,17H,8,10,13H2,2H3/t17-/m1/s1. The van der Waals surface area contributed by atoms with Gasteiger partial charge in [0.1, 0.15) is 6.10 Å². The second kappa shape index (κ2) is 7.16. The molecule has 122 valence electrons. The van der Waals surface area contributed by atoms with Crippen LogP contribution in [0.25, 0.3) is 0 Å². The Morgan fingerprint density at radius 2 is 2.29 bits per heavy atom. The zero-order valence-corrected chi connectivity index (χ0v) is 13.4. The minimum absolute atomic E-state index is 0.00658. The molecule has 0 unspecified atom stereocenters. The summed E-state index contributed by atoms with van der Waals surface area (Å²) in [4.78, 5) is 18.4. The van der Waals surface area contributed by atoms with E-state index in [0.29, 0.717) is 24.7 Å². The second-order valence-electron chi connectivity index (χ2n) is 5.55. The zero-order valence-electron chi connectivity index (χ0n) is 13.4. The number of hydrogen-bond acceptors (Lipinski definition) is 4. The number of aromatic nitrogens is 1. The number of benzene rings is 1. The summed E-state index contributed by atoms with van der Waals surface area (Å²) >= 11 is 0. The summed E-state index contributed by atoms with van der Waals surface area (Å²) < 4.78 is 11.0. The number of carbonyl (C=O) groups excluding carboxylic acids is 1. The molecule has 1 atom stereocenters. The van der Waals surface area contributed by atoms with Crippen molar-refractivity contribution in [3.63, 3.8) is 0 Å². The first kappa shape index (κ1) is 16.0. The fraction of sp³-hybridized carbons (Fsp3) is 0.263. The number of amides is 1. The van der Waals surface area contributed by atoms with E-state index < -0.39 is 0 Å². The van der Waals surface area contributed by atoms with Crippen LogP contribution in [-0.2, 0) is 4.74 Å². The predicted octanol–water partition coefficient (Wildman–Crippen LogP) is 2.51. The molecule has 0 radical (unpaired) electrons. The van der Waals surface area contributed by atoms with Gasteiger partial charge in [0.15, 0.2) is 0 Å². The lowest BCUT2D eigenvalue weighted by atomic mass is 10.1. The number of ether oxygens (including phenoxy) is 2. The molecule has 1 aromatic carbocycles. The van der Waals surface area contributed by atoms with Crippen LogP contribution in [0.15, 0.2) is 42.6 Å². The molecule has 2 heterocycles. The van der Waals surface area contributed by atoms with Gasteiger partial charge < -0.3 is 14.4 Å². The highest BCUT2D eigenvalue weighted by Crippen LogP contribution is 2.20. The van der Waals surface area contributed by atoms with E-state index in [9.17, 15) is 4.79 Å². The largest absolute Gasteiger partial charge is 0.472 e. The van der Waals surface area contributed by atoms with Gasteiger partial charge in [0.05, 0.1) is 13.2 Å². The van der Waals surface area contributed by atoms with Gasteiger partial charge in [-0.25, -0.2) is 4.98 Å². The molecule has 1 saturated heterocycles. The van der Waals surface area contributed by atoms with E-state index in [0.717, 1.165) is 17.7 Å². The van der Waals surface area contributed by atoms with E-state index in [1.807, 2.05) is 18.2 Å². The maximum absolute atomic E-state index is 12.7. The number of anilines is 1. The third kappa shape index (κ3) is 3.55. The Balaban J connectivity index is 1.77. The molecule has 5 nitrogen and oxygen atoms in total. The maximum Gasteiger partial charge on any atom is 0.258 e. The third-order valence-corrected chi connectivity index (χ3v) is 3.86.